The highest BCUT2D eigenvalue weighted by atomic mass is 32.2. The molecule has 0 amide bonds. The van der Waals surface area contributed by atoms with Crippen LogP contribution in [0.2, 0.25) is 0 Å². The number of hydrogen-bond donors (Lipinski definition) is 1. The molecule has 3 N–H and O–H groups in total. The summed E-state index contributed by atoms with van der Waals surface area (Å²) >= 11 is -3.51. The van der Waals surface area contributed by atoms with Crippen LogP contribution in [0, 0.1) is 0 Å². The molecule has 0 fully saturated rings. The molecular formula is C4H12F3N2O3S-. The van der Waals surface area contributed by atoms with Crippen molar-refractivity contribution < 1.29 is 26.1 Å². The van der Waals surface area contributed by atoms with Crippen molar-refractivity contribution in [2.45, 2.75) is 6.36 Å². The van der Waals surface area contributed by atoms with Crippen molar-refractivity contribution in [3.05, 3.63) is 0 Å². The molecule has 0 rings (SSSR count). The van der Waals surface area contributed by atoms with E-state index in [1.807, 2.05) is 26.0 Å². The molecule has 0 bridgehead atoms. The molecule has 1 unspecified atom stereocenters. The fraction of sp³-hybridized carbons (Fsp3) is 1.00. The molecule has 0 aromatic heterocycles. The number of halogens is 3. The molecular weight excluding hydrogens is 213 g/mol. The SMILES string of the molecule is CN(C)C.N.O=S([O-])OC(F)(F)F. The average Bonchev–Trinajstić information content (AvgIpc) is 1.52. The Morgan fingerprint density at radius 1 is 1.31 bits per heavy atom. The van der Waals surface area contributed by atoms with Crippen molar-refractivity contribution in [2.24, 2.45) is 0 Å². The van der Waals surface area contributed by atoms with Crippen LogP contribution in [0.5, 0.6) is 0 Å². The van der Waals surface area contributed by atoms with Gasteiger partial charge in [0.25, 0.3) is 0 Å². The molecule has 0 aromatic rings. The third-order valence-electron chi connectivity index (χ3n) is 0.163. The average molecular weight is 225 g/mol. The second-order valence-electron chi connectivity index (χ2n) is 2.07. The highest BCUT2D eigenvalue weighted by molar-refractivity contribution is 7.74. The molecule has 9 heteroatoms. The van der Waals surface area contributed by atoms with E-state index in [0.29, 0.717) is 0 Å². The minimum Gasteiger partial charge on any atom is -0.750 e. The standard InChI is InChI=1S/C3H9N.CHF3O3S.H3N/c1-4(2)3;2-1(3,4)7-8(5)6;/h1-3H3;(H,5,6);1H3/p-1. The predicted octanol–water partition coefficient (Wildman–Crippen LogP) is 0.657. The molecule has 0 aromatic carbocycles. The Labute approximate surface area is 76.9 Å². The molecule has 5 nitrogen and oxygen atoms in total. The maximum Gasteiger partial charge on any atom is 0.534 e. The summed E-state index contributed by atoms with van der Waals surface area (Å²) in [5.74, 6) is 0. The largest absolute Gasteiger partial charge is 0.750 e. The Morgan fingerprint density at radius 2 is 1.54 bits per heavy atom. The van der Waals surface area contributed by atoms with Crippen LogP contribution in [0.4, 0.5) is 13.2 Å². The van der Waals surface area contributed by atoms with E-state index in [1.54, 1.807) is 0 Å². The van der Waals surface area contributed by atoms with Gasteiger partial charge >= 0.3 is 6.36 Å². The van der Waals surface area contributed by atoms with Gasteiger partial charge in [0.2, 0.25) is 0 Å². The Balaban J connectivity index is -0.000000173. The molecule has 0 aliphatic rings. The van der Waals surface area contributed by atoms with E-state index in [0.717, 1.165) is 0 Å². The first-order valence-electron chi connectivity index (χ1n) is 2.61. The maximum absolute atomic E-state index is 10.7. The molecule has 0 saturated carbocycles. The van der Waals surface area contributed by atoms with Gasteiger partial charge in [0.05, 0.1) is 11.4 Å². The van der Waals surface area contributed by atoms with E-state index < -0.39 is 17.7 Å². The van der Waals surface area contributed by atoms with Crippen molar-refractivity contribution in [3.8, 4) is 0 Å². The first kappa shape index (κ1) is 18.5. The minimum atomic E-state index is -5.09. The molecule has 0 saturated heterocycles. The summed E-state index contributed by atoms with van der Waals surface area (Å²) in [6.45, 7) is 0. The first-order chi connectivity index (χ1) is 5.15. The third-order valence-corrected chi connectivity index (χ3v) is 0.488. The normalized spacial score (nSPS) is 12.6. The fourth-order valence-corrected chi connectivity index (χ4v) is 0.231. The van der Waals surface area contributed by atoms with Crippen LogP contribution in [0.1, 0.15) is 0 Å². The van der Waals surface area contributed by atoms with Gasteiger partial charge in [-0.1, -0.05) is 0 Å². The van der Waals surface area contributed by atoms with Crippen LogP contribution in [-0.4, -0.2) is 41.2 Å². The van der Waals surface area contributed by atoms with Gasteiger partial charge in [0.15, 0.2) is 0 Å². The van der Waals surface area contributed by atoms with Crippen LogP contribution in [0.15, 0.2) is 0 Å². The van der Waals surface area contributed by atoms with Crippen molar-refractivity contribution >= 4 is 11.4 Å². The van der Waals surface area contributed by atoms with Gasteiger partial charge in [0, 0.05) is 0 Å². The van der Waals surface area contributed by atoms with Gasteiger partial charge in [-0.25, -0.2) is 8.39 Å². The lowest BCUT2D eigenvalue weighted by atomic mass is 11.0. The quantitative estimate of drug-likeness (QED) is 0.662. The van der Waals surface area contributed by atoms with Crippen molar-refractivity contribution in [1.82, 2.24) is 11.1 Å². The summed E-state index contributed by atoms with van der Waals surface area (Å²) in [4.78, 5) is 2.00. The molecule has 84 valence electrons. The lowest BCUT2D eigenvalue weighted by Crippen LogP contribution is -2.14. The Morgan fingerprint density at radius 3 is 1.54 bits per heavy atom. The van der Waals surface area contributed by atoms with E-state index in [4.69, 9.17) is 8.76 Å². The number of hydrogen-bond acceptors (Lipinski definition) is 5. The summed E-state index contributed by atoms with van der Waals surface area (Å²) < 4.78 is 52.6. The van der Waals surface area contributed by atoms with Gasteiger partial charge in [-0.15, -0.1) is 13.2 Å². The zero-order valence-corrected chi connectivity index (χ0v) is 8.24. The summed E-state index contributed by atoms with van der Waals surface area (Å²) in [6.07, 6.45) is -5.09. The van der Waals surface area contributed by atoms with Crippen molar-refractivity contribution in [2.75, 3.05) is 21.1 Å². The molecule has 0 aliphatic heterocycles. The lowest BCUT2D eigenvalue weighted by Gasteiger charge is -2.06. The number of nitrogens with zero attached hydrogens (tertiary/aromatic N) is 1. The van der Waals surface area contributed by atoms with Crippen molar-refractivity contribution in [3.63, 3.8) is 0 Å². The lowest BCUT2D eigenvalue weighted by molar-refractivity contribution is -0.272. The molecule has 0 spiro atoms. The van der Waals surface area contributed by atoms with Crippen molar-refractivity contribution in [1.29, 1.82) is 0 Å². The summed E-state index contributed by atoms with van der Waals surface area (Å²) in [5.41, 5.74) is 0. The van der Waals surface area contributed by atoms with Gasteiger partial charge in [-0.05, 0) is 21.1 Å². The van der Waals surface area contributed by atoms with Gasteiger partial charge < -0.3 is 15.6 Å². The van der Waals surface area contributed by atoms with Crippen LogP contribution in [-0.2, 0) is 15.5 Å². The van der Waals surface area contributed by atoms with Crippen LogP contribution in [0.3, 0.4) is 0 Å². The first-order valence-corrected chi connectivity index (χ1v) is 3.61. The van der Waals surface area contributed by atoms with Crippen LogP contribution >= 0.6 is 0 Å². The van der Waals surface area contributed by atoms with Crippen LogP contribution in [0.25, 0.3) is 0 Å². The molecule has 1 atom stereocenters. The Bertz CT molecular complexity index is 138. The Hall–Kier alpha value is -0.220. The second kappa shape index (κ2) is 8.38. The third kappa shape index (κ3) is 49.3. The van der Waals surface area contributed by atoms with E-state index >= 15 is 0 Å². The zero-order valence-electron chi connectivity index (χ0n) is 7.42. The molecule has 0 radical (unpaired) electrons. The minimum absolute atomic E-state index is 0. The molecule has 13 heavy (non-hydrogen) atoms. The topological polar surface area (TPSA) is 87.6 Å². The van der Waals surface area contributed by atoms with E-state index in [9.17, 15) is 13.2 Å². The second-order valence-corrected chi connectivity index (χ2v) is 2.65. The maximum atomic E-state index is 10.7. The van der Waals surface area contributed by atoms with Gasteiger partial charge in [0.1, 0.15) is 0 Å². The summed E-state index contributed by atoms with van der Waals surface area (Å²) in [6, 6.07) is 0. The summed E-state index contributed by atoms with van der Waals surface area (Å²) in [5, 5.41) is 0. The predicted molar refractivity (Wildman–Crippen MR) is 40.7 cm³/mol. The number of rotatable bonds is 1. The smallest absolute Gasteiger partial charge is 0.534 e. The Kier molecular flexibility index (Phi) is 12.0. The van der Waals surface area contributed by atoms with E-state index in [-0.39, 0.29) is 6.15 Å². The summed E-state index contributed by atoms with van der Waals surface area (Å²) in [7, 11) is 6.00. The van der Waals surface area contributed by atoms with Gasteiger partial charge in [-0.3, -0.25) is 0 Å². The van der Waals surface area contributed by atoms with E-state index in [1.165, 1.54) is 0 Å². The molecule has 0 heterocycles. The number of alkyl halides is 3. The molecule has 0 aliphatic carbocycles. The highest BCUT2D eigenvalue weighted by Gasteiger charge is 2.30. The fourth-order valence-electron chi connectivity index (χ4n) is 0.0772. The van der Waals surface area contributed by atoms with Gasteiger partial charge in [-0.2, -0.15) is 0 Å². The van der Waals surface area contributed by atoms with E-state index in [2.05, 4.69) is 4.18 Å². The van der Waals surface area contributed by atoms with Crippen LogP contribution < -0.4 is 6.15 Å². The zero-order chi connectivity index (χ0) is 10.4. The highest BCUT2D eigenvalue weighted by Crippen LogP contribution is 2.16. The monoisotopic (exact) mass is 225 g/mol.